The first-order chi connectivity index (χ1) is 17.8. The van der Waals surface area contributed by atoms with E-state index < -0.39 is 0 Å². The fraction of sp³-hybridized carbons (Fsp3) is 0.625. The first kappa shape index (κ1) is 27.3. The molecule has 0 spiro atoms. The molecule has 4 heteroatoms. The first-order valence-electron chi connectivity index (χ1n) is 14.9. The Labute approximate surface area is 220 Å². The SMILES string of the molecule is CCCCCCCCCC(N1CCNCC1Cc1ccccc1)N1CCNCC1Cc1ccccc1. The second-order valence-corrected chi connectivity index (χ2v) is 11.0. The molecule has 2 fully saturated rings. The molecule has 0 aliphatic carbocycles. The van der Waals surface area contributed by atoms with Crippen molar-refractivity contribution in [2.75, 3.05) is 39.3 Å². The van der Waals surface area contributed by atoms with E-state index >= 15 is 0 Å². The smallest absolute Gasteiger partial charge is 0.0629 e. The van der Waals surface area contributed by atoms with E-state index in [0.29, 0.717) is 18.2 Å². The number of piperazine rings is 2. The van der Waals surface area contributed by atoms with Crippen LogP contribution in [0.2, 0.25) is 0 Å². The molecule has 2 aromatic carbocycles. The van der Waals surface area contributed by atoms with Gasteiger partial charge in [0.25, 0.3) is 0 Å². The Morgan fingerprint density at radius 3 is 1.64 bits per heavy atom. The van der Waals surface area contributed by atoms with E-state index in [1.54, 1.807) is 0 Å². The average molecular weight is 491 g/mol. The molecule has 0 amide bonds. The summed E-state index contributed by atoms with van der Waals surface area (Å²) in [5, 5.41) is 7.43. The van der Waals surface area contributed by atoms with E-state index in [9.17, 15) is 0 Å². The number of nitrogens with one attached hydrogen (secondary N) is 2. The summed E-state index contributed by atoms with van der Waals surface area (Å²) in [5.41, 5.74) is 2.93. The molecule has 0 saturated carbocycles. The van der Waals surface area contributed by atoms with Crippen LogP contribution < -0.4 is 10.6 Å². The van der Waals surface area contributed by atoms with Crippen molar-refractivity contribution in [2.24, 2.45) is 0 Å². The van der Waals surface area contributed by atoms with Crippen molar-refractivity contribution in [1.29, 1.82) is 0 Å². The van der Waals surface area contributed by atoms with Crippen molar-refractivity contribution in [1.82, 2.24) is 20.4 Å². The van der Waals surface area contributed by atoms with Crippen LogP contribution in [0.25, 0.3) is 0 Å². The molecule has 36 heavy (non-hydrogen) atoms. The minimum Gasteiger partial charge on any atom is -0.314 e. The van der Waals surface area contributed by atoms with E-state index in [0.717, 1.165) is 52.1 Å². The molecule has 0 bridgehead atoms. The van der Waals surface area contributed by atoms with Gasteiger partial charge >= 0.3 is 0 Å². The van der Waals surface area contributed by atoms with Crippen LogP contribution in [-0.4, -0.2) is 67.3 Å². The maximum atomic E-state index is 3.72. The van der Waals surface area contributed by atoms with Gasteiger partial charge in [-0.2, -0.15) is 0 Å². The van der Waals surface area contributed by atoms with Gasteiger partial charge in [-0.1, -0.05) is 113 Å². The summed E-state index contributed by atoms with van der Waals surface area (Å²) in [4.78, 5) is 5.79. The van der Waals surface area contributed by atoms with Crippen molar-refractivity contribution in [2.45, 2.75) is 89.4 Å². The zero-order chi connectivity index (χ0) is 24.8. The topological polar surface area (TPSA) is 30.5 Å². The molecule has 2 aliphatic heterocycles. The molecule has 198 valence electrons. The van der Waals surface area contributed by atoms with E-state index in [1.165, 1.54) is 62.5 Å². The van der Waals surface area contributed by atoms with Crippen molar-refractivity contribution in [3.8, 4) is 0 Å². The van der Waals surface area contributed by atoms with Crippen molar-refractivity contribution < 1.29 is 0 Å². The third-order valence-electron chi connectivity index (χ3n) is 8.25. The van der Waals surface area contributed by atoms with Gasteiger partial charge in [0, 0.05) is 51.4 Å². The molecular weight excluding hydrogens is 440 g/mol. The normalized spacial score (nSPS) is 22.5. The third kappa shape index (κ3) is 8.41. The average Bonchev–Trinajstić information content (AvgIpc) is 2.93. The predicted octanol–water partition coefficient (Wildman–Crippen LogP) is 5.49. The highest BCUT2D eigenvalue weighted by molar-refractivity contribution is 5.18. The fourth-order valence-electron chi connectivity index (χ4n) is 6.30. The largest absolute Gasteiger partial charge is 0.314 e. The molecule has 4 nitrogen and oxygen atoms in total. The zero-order valence-electron chi connectivity index (χ0n) is 22.7. The Kier molecular flexibility index (Phi) is 11.8. The van der Waals surface area contributed by atoms with Crippen LogP contribution in [0.5, 0.6) is 0 Å². The number of hydrogen-bond acceptors (Lipinski definition) is 4. The molecular formula is C32H50N4. The Morgan fingerprint density at radius 1 is 0.667 bits per heavy atom. The summed E-state index contributed by atoms with van der Waals surface area (Å²) in [7, 11) is 0. The van der Waals surface area contributed by atoms with Crippen LogP contribution in [0, 0.1) is 0 Å². The summed E-state index contributed by atoms with van der Waals surface area (Å²) in [6.45, 7) is 9.02. The highest BCUT2D eigenvalue weighted by Crippen LogP contribution is 2.25. The maximum Gasteiger partial charge on any atom is 0.0629 e. The molecule has 2 saturated heterocycles. The lowest BCUT2D eigenvalue weighted by atomic mass is 9.97. The van der Waals surface area contributed by atoms with Gasteiger partial charge in [0.05, 0.1) is 6.17 Å². The van der Waals surface area contributed by atoms with Crippen LogP contribution in [0.4, 0.5) is 0 Å². The second-order valence-electron chi connectivity index (χ2n) is 11.0. The molecule has 2 aliphatic rings. The van der Waals surface area contributed by atoms with E-state index in [-0.39, 0.29) is 0 Å². The molecule has 2 atom stereocenters. The molecule has 2 unspecified atom stereocenters. The van der Waals surface area contributed by atoms with Gasteiger partial charge in [-0.25, -0.2) is 0 Å². The van der Waals surface area contributed by atoms with Gasteiger partial charge < -0.3 is 10.6 Å². The minimum atomic E-state index is 0.535. The molecule has 4 rings (SSSR count). The minimum absolute atomic E-state index is 0.535. The molecule has 0 radical (unpaired) electrons. The van der Waals surface area contributed by atoms with Gasteiger partial charge in [0.15, 0.2) is 0 Å². The van der Waals surface area contributed by atoms with Gasteiger partial charge in [0.2, 0.25) is 0 Å². The van der Waals surface area contributed by atoms with E-state index in [2.05, 4.69) is 88.0 Å². The molecule has 2 N–H and O–H groups in total. The van der Waals surface area contributed by atoms with Gasteiger partial charge in [0.1, 0.15) is 0 Å². The lowest BCUT2D eigenvalue weighted by Gasteiger charge is -2.50. The third-order valence-corrected chi connectivity index (χ3v) is 8.25. The summed E-state index contributed by atoms with van der Waals surface area (Å²) < 4.78 is 0. The number of benzene rings is 2. The maximum absolute atomic E-state index is 3.72. The molecule has 2 heterocycles. The Bertz CT molecular complexity index is 765. The van der Waals surface area contributed by atoms with Crippen molar-refractivity contribution in [3.63, 3.8) is 0 Å². The lowest BCUT2D eigenvalue weighted by molar-refractivity contribution is -0.0369. The van der Waals surface area contributed by atoms with Crippen LogP contribution in [0.1, 0.15) is 69.4 Å². The summed E-state index contributed by atoms with van der Waals surface area (Å²) in [6, 6.07) is 23.4. The van der Waals surface area contributed by atoms with Crippen molar-refractivity contribution in [3.05, 3.63) is 71.8 Å². The Morgan fingerprint density at radius 2 is 1.14 bits per heavy atom. The monoisotopic (exact) mass is 490 g/mol. The van der Waals surface area contributed by atoms with E-state index in [4.69, 9.17) is 0 Å². The van der Waals surface area contributed by atoms with Gasteiger partial charge in [-0.15, -0.1) is 0 Å². The van der Waals surface area contributed by atoms with Gasteiger partial charge in [-0.05, 0) is 30.4 Å². The summed E-state index contributed by atoms with van der Waals surface area (Å²) in [5.74, 6) is 0. The molecule has 0 aromatic heterocycles. The quantitative estimate of drug-likeness (QED) is 0.343. The van der Waals surface area contributed by atoms with Crippen LogP contribution in [0.15, 0.2) is 60.7 Å². The first-order valence-corrected chi connectivity index (χ1v) is 14.9. The number of unbranched alkanes of at least 4 members (excludes halogenated alkanes) is 6. The second kappa shape index (κ2) is 15.5. The van der Waals surface area contributed by atoms with Crippen LogP contribution >= 0.6 is 0 Å². The predicted molar refractivity (Wildman–Crippen MR) is 153 cm³/mol. The molecule has 2 aromatic rings. The fourth-order valence-corrected chi connectivity index (χ4v) is 6.30. The number of hydrogen-bond donors (Lipinski definition) is 2. The Balaban J connectivity index is 1.47. The number of rotatable bonds is 14. The highest BCUT2D eigenvalue weighted by Gasteiger charge is 2.36. The van der Waals surface area contributed by atoms with Crippen molar-refractivity contribution >= 4 is 0 Å². The summed E-state index contributed by atoms with van der Waals surface area (Å²) >= 11 is 0. The standard InChI is InChI=1S/C32H50N4/c1-2-3-4-5-6-7-14-19-32(35-22-20-33-26-30(35)24-28-15-10-8-11-16-28)36-23-21-34-27-31(36)25-29-17-12-9-13-18-29/h8-13,15-18,30-34H,2-7,14,19-27H2,1H3. The van der Waals surface area contributed by atoms with Gasteiger partial charge in [-0.3, -0.25) is 9.80 Å². The zero-order valence-corrected chi connectivity index (χ0v) is 22.7. The van der Waals surface area contributed by atoms with Crippen LogP contribution in [0.3, 0.4) is 0 Å². The Hall–Kier alpha value is -1.72. The lowest BCUT2D eigenvalue weighted by Crippen LogP contribution is -2.65. The van der Waals surface area contributed by atoms with Crippen LogP contribution in [-0.2, 0) is 12.8 Å². The summed E-state index contributed by atoms with van der Waals surface area (Å²) in [6.07, 6.45) is 13.8. The highest BCUT2D eigenvalue weighted by atomic mass is 15.4. The van der Waals surface area contributed by atoms with E-state index in [1.807, 2.05) is 0 Å². The number of nitrogens with zero attached hydrogens (tertiary/aromatic N) is 2.